The third kappa shape index (κ3) is 5.33. The van der Waals surface area contributed by atoms with Gasteiger partial charge in [-0.05, 0) is 51.8 Å². The zero-order chi connectivity index (χ0) is 24.6. The smallest absolute Gasteiger partial charge is 0.408 e. The molecule has 4 rings (SSSR count). The van der Waals surface area contributed by atoms with E-state index in [1.165, 1.54) is 12.1 Å². The van der Waals surface area contributed by atoms with E-state index in [0.29, 0.717) is 25.4 Å². The predicted molar refractivity (Wildman–Crippen MR) is 128 cm³/mol. The zero-order valence-electron chi connectivity index (χ0n) is 20.1. The Labute approximate surface area is 204 Å². The van der Waals surface area contributed by atoms with Crippen LogP contribution in [0.1, 0.15) is 45.7 Å². The Balaban J connectivity index is 1.44. The number of halogens is 1. The largest absolute Gasteiger partial charge is 0.444 e. The first kappa shape index (κ1) is 24.8. The maximum absolute atomic E-state index is 13.3. The second-order valence-corrected chi connectivity index (χ2v) is 11.2. The van der Waals surface area contributed by atoms with Crippen molar-refractivity contribution in [3.8, 4) is 0 Å². The minimum atomic E-state index is -0.788. The summed E-state index contributed by atoms with van der Waals surface area (Å²) in [6, 6.07) is 4.97. The lowest BCUT2D eigenvalue weighted by Crippen LogP contribution is -2.58. The van der Waals surface area contributed by atoms with Crippen molar-refractivity contribution in [1.82, 2.24) is 20.0 Å². The minimum absolute atomic E-state index is 0.00766. The first-order valence-corrected chi connectivity index (χ1v) is 12.9. The molecular formula is C24H33FN4O4S. The highest BCUT2D eigenvalue weighted by molar-refractivity contribution is 7.99. The number of piperazine rings is 1. The summed E-state index contributed by atoms with van der Waals surface area (Å²) in [7, 11) is 0. The van der Waals surface area contributed by atoms with E-state index in [0.717, 1.165) is 11.3 Å². The van der Waals surface area contributed by atoms with Crippen LogP contribution in [-0.2, 0) is 14.3 Å². The molecule has 0 aromatic heterocycles. The fourth-order valence-corrected chi connectivity index (χ4v) is 5.93. The number of hydrogen-bond acceptors (Lipinski definition) is 6. The third-order valence-corrected chi connectivity index (χ3v) is 7.52. The first-order chi connectivity index (χ1) is 16.0. The molecular weight excluding hydrogens is 459 g/mol. The van der Waals surface area contributed by atoms with Crippen LogP contribution < -0.4 is 5.32 Å². The molecule has 3 aliphatic rings. The van der Waals surface area contributed by atoms with Gasteiger partial charge in [0, 0.05) is 31.4 Å². The van der Waals surface area contributed by atoms with Crippen molar-refractivity contribution in [2.75, 3.05) is 31.3 Å². The van der Waals surface area contributed by atoms with E-state index in [1.807, 2.05) is 16.7 Å². The second kappa shape index (κ2) is 9.73. The molecule has 1 aromatic carbocycles. The van der Waals surface area contributed by atoms with Crippen molar-refractivity contribution in [2.24, 2.45) is 0 Å². The number of ether oxygens (including phenoxy) is 1. The fourth-order valence-electron chi connectivity index (χ4n) is 4.98. The number of benzene rings is 1. The van der Waals surface area contributed by atoms with E-state index in [9.17, 15) is 18.8 Å². The van der Waals surface area contributed by atoms with E-state index in [2.05, 4.69) is 5.32 Å². The molecule has 3 amide bonds. The van der Waals surface area contributed by atoms with Gasteiger partial charge in [0.2, 0.25) is 11.8 Å². The molecule has 3 aliphatic heterocycles. The lowest BCUT2D eigenvalue weighted by molar-refractivity contribution is -0.141. The van der Waals surface area contributed by atoms with Crippen molar-refractivity contribution in [2.45, 2.75) is 63.9 Å². The summed E-state index contributed by atoms with van der Waals surface area (Å²) in [5, 5.41) is 2.75. The van der Waals surface area contributed by atoms with E-state index < -0.39 is 17.7 Å². The number of nitrogens with one attached hydrogen (secondary N) is 1. The summed E-state index contributed by atoms with van der Waals surface area (Å²) in [5.41, 5.74) is 0.209. The molecule has 1 N–H and O–H groups in total. The van der Waals surface area contributed by atoms with Gasteiger partial charge in [0.25, 0.3) is 0 Å². The number of thioether (sulfide) groups is 1. The van der Waals surface area contributed by atoms with Gasteiger partial charge in [0.1, 0.15) is 17.5 Å². The quantitative estimate of drug-likeness (QED) is 0.658. The van der Waals surface area contributed by atoms with Crippen LogP contribution in [0, 0.1) is 5.82 Å². The summed E-state index contributed by atoms with van der Waals surface area (Å²) < 4.78 is 18.7. The molecule has 3 heterocycles. The molecule has 2 bridgehead atoms. The fraction of sp³-hybridized carbons (Fsp3) is 0.625. The monoisotopic (exact) mass is 492 g/mol. The second-order valence-electron chi connectivity index (χ2n) is 10.2. The maximum atomic E-state index is 13.3. The minimum Gasteiger partial charge on any atom is -0.444 e. The van der Waals surface area contributed by atoms with Gasteiger partial charge >= 0.3 is 6.09 Å². The Morgan fingerprint density at radius 1 is 1.26 bits per heavy atom. The van der Waals surface area contributed by atoms with Gasteiger partial charge < -0.3 is 19.9 Å². The van der Waals surface area contributed by atoms with E-state index in [1.54, 1.807) is 49.6 Å². The molecule has 0 saturated carbocycles. The molecule has 3 saturated heterocycles. The van der Waals surface area contributed by atoms with Gasteiger partial charge in [0.05, 0.1) is 18.0 Å². The molecule has 0 unspecified atom stereocenters. The van der Waals surface area contributed by atoms with Crippen LogP contribution in [0.4, 0.5) is 9.18 Å². The van der Waals surface area contributed by atoms with Crippen LogP contribution in [0.2, 0.25) is 0 Å². The van der Waals surface area contributed by atoms with Crippen LogP contribution in [0.3, 0.4) is 0 Å². The zero-order valence-corrected chi connectivity index (χ0v) is 20.9. The van der Waals surface area contributed by atoms with Crippen LogP contribution in [0.15, 0.2) is 24.3 Å². The molecule has 186 valence electrons. The number of nitrogens with zero attached hydrogens (tertiary/aromatic N) is 3. The van der Waals surface area contributed by atoms with Gasteiger partial charge in [0.15, 0.2) is 0 Å². The van der Waals surface area contributed by atoms with E-state index in [4.69, 9.17) is 4.74 Å². The Kier molecular flexibility index (Phi) is 7.09. The van der Waals surface area contributed by atoms with Crippen LogP contribution in [-0.4, -0.2) is 87.6 Å². The number of carbonyl (C=O) groups is 3. The lowest BCUT2D eigenvalue weighted by Gasteiger charge is -2.39. The topological polar surface area (TPSA) is 82.2 Å². The average molecular weight is 493 g/mol. The number of alkyl carbamates (subject to hydrolysis) is 1. The number of carbonyl (C=O) groups excluding carboxylic acids is 3. The standard InChI is InChI=1S/C24H33FN4O4S/c1-15(16-5-7-17(25)8-6-16)29-18-11-20(22(29)31)28(12-18)13-19(21(30)27-9-10-34-14-27)26-23(32)33-24(2,3)4/h5-8,15,18-20H,9-14H2,1-4H3,(H,26,32)/t15-,18-,19-,20-/m0/s1. The van der Waals surface area contributed by atoms with Crippen molar-refractivity contribution in [3.05, 3.63) is 35.6 Å². The molecule has 4 atom stereocenters. The number of fused-ring (bicyclic) bond motifs is 2. The molecule has 0 aliphatic carbocycles. The van der Waals surface area contributed by atoms with Gasteiger partial charge in [-0.2, -0.15) is 0 Å². The summed E-state index contributed by atoms with van der Waals surface area (Å²) in [6.07, 6.45) is 0.0389. The van der Waals surface area contributed by atoms with Gasteiger partial charge in [-0.1, -0.05) is 12.1 Å². The number of amides is 3. The van der Waals surface area contributed by atoms with Gasteiger partial charge in [-0.3, -0.25) is 14.5 Å². The average Bonchev–Trinajstić information content (AvgIpc) is 3.48. The summed E-state index contributed by atoms with van der Waals surface area (Å²) >= 11 is 1.68. The number of hydrogen-bond donors (Lipinski definition) is 1. The predicted octanol–water partition coefficient (Wildman–Crippen LogP) is 2.60. The Morgan fingerprint density at radius 3 is 2.56 bits per heavy atom. The first-order valence-electron chi connectivity index (χ1n) is 11.7. The molecule has 1 aromatic rings. The number of likely N-dealkylation sites (tertiary alicyclic amines) is 2. The van der Waals surface area contributed by atoms with Gasteiger partial charge in [-0.15, -0.1) is 11.8 Å². The summed E-state index contributed by atoms with van der Waals surface area (Å²) in [4.78, 5) is 44.6. The molecule has 3 fully saturated rings. The molecule has 0 radical (unpaired) electrons. The SMILES string of the molecule is C[C@@H](c1ccc(F)cc1)N1C(=O)[C@@H]2C[C@H]1CN2C[C@H](NC(=O)OC(C)(C)C)C(=O)N1CCSC1. The van der Waals surface area contributed by atoms with Crippen molar-refractivity contribution >= 4 is 29.7 Å². The summed E-state index contributed by atoms with van der Waals surface area (Å²) in [6.45, 7) is 8.80. The molecule has 34 heavy (non-hydrogen) atoms. The van der Waals surface area contributed by atoms with E-state index in [-0.39, 0.29) is 42.3 Å². The van der Waals surface area contributed by atoms with Crippen LogP contribution in [0.25, 0.3) is 0 Å². The normalized spacial score (nSPS) is 24.4. The lowest BCUT2D eigenvalue weighted by atomic mass is 10.1. The molecule has 8 nitrogen and oxygen atoms in total. The van der Waals surface area contributed by atoms with Crippen molar-refractivity contribution in [1.29, 1.82) is 0 Å². The van der Waals surface area contributed by atoms with Crippen LogP contribution in [0.5, 0.6) is 0 Å². The highest BCUT2D eigenvalue weighted by Crippen LogP contribution is 2.38. The Bertz CT molecular complexity index is 932. The van der Waals surface area contributed by atoms with E-state index >= 15 is 0 Å². The highest BCUT2D eigenvalue weighted by atomic mass is 32.2. The van der Waals surface area contributed by atoms with Gasteiger partial charge in [-0.25, -0.2) is 9.18 Å². The summed E-state index contributed by atoms with van der Waals surface area (Å²) in [5.74, 6) is 1.02. The van der Waals surface area contributed by atoms with Crippen LogP contribution >= 0.6 is 11.8 Å². The Hall–Kier alpha value is -2.33. The maximum Gasteiger partial charge on any atom is 0.408 e. The van der Waals surface area contributed by atoms with Crippen molar-refractivity contribution in [3.63, 3.8) is 0 Å². The molecule has 0 spiro atoms. The molecule has 10 heteroatoms. The number of rotatable bonds is 6. The van der Waals surface area contributed by atoms with Crippen molar-refractivity contribution < 1.29 is 23.5 Å². The third-order valence-electron chi connectivity index (χ3n) is 6.55. The Morgan fingerprint density at radius 2 is 1.97 bits per heavy atom. The highest BCUT2D eigenvalue weighted by Gasteiger charge is 2.52.